The van der Waals surface area contributed by atoms with Crippen molar-refractivity contribution in [3.63, 3.8) is 0 Å². The number of ether oxygens (including phenoxy) is 1. The largest absolute Gasteiger partial charge is 0.444 e. The highest BCUT2D eigenvalue weighted by Crippen LogP contribution is 2.28. The minimum atomic E-state index is -1.07. The molecule has 0 spiro atoms. The molecule has 3 amide bonds. The molecule has 1 rings (SSSR count). The molecular weight excluding hydrogens is 430 g/mol. The van der Waals surface area contributed by atoms with Crippen molar-refractivity contribution in [3.05, 3.63) is 34.9 Å². The second-order valence-electron chi connectivity index (χ2n) is 10.8. The van der Waals surface area contributed by atoms with E-state index in [4.69, 9.17) is 11.2 Å². The van der Waals surface area contributed by atoms with Crippen molar-refractivity contribution in [2.75, 3.05) is 0 Å². The monoisotopic (exact) mass is 471 g/mol. The first-order valence-corrected chi connectivity index (χ1v) is 11.7. The van der Waals surface area contributed by atoms with Gasteiger partial charge in [-0.15, -0.1) is 0 Å². The Bertz CT molecular complexity index is 935. The van der Waals surface area contributed by atoms with Gasteiger partial charge in [0.05, 0.1) is 0 Å². The van der Waals surface area contributed by atoms with E-state index in [-0.39, 0.29) is 5.92 Å². The van der Waals surface area contributed by atoms with E-state index in [0.29, 0.717) is 12.0 Å². The van der Waals surface area contributed by atoms with Gasteiger partial charge in [0, 0.05) is 11.6 Å². The molecule has 0 heterocycles. The predicted molar refractivity (Wildman–Crippen MR) is 135 cm³/mol. The molecule has 1 aromatic rings. The van der Waals surface area contributed by atoms with Crippen LogP contribution in [0.15, 0.2) is 18.2 Å². The smallest absolute Gasteiger partial charge is 0.408 e. The molecule has 0 saturated heterocycles. The van der Waals surface area contributed by atoms with Crippen LogP contribution in [0.1, 0.15) is 84.5 Å². The fraction of sp³-hybridized carbons (Fsp3) is 0.593. The van der Waals surface area contributed by atoms with E-state index in [9.17, 15) is 14.4 Å². The summed E-state index contributed by atoms with van der Waals surface area (Å²) in [4.78, 5) is 40.9. The number of nitrogens with one attached hydrogen (secondary N) is 2. The van der Waals surface area contributed by atoms with Crippen molar-refractivity contribution in [2.45, 2.75) is 98.9 Å². The fourth-order valence-electron chi connectivity index (χ4n) is 3.44. The Balaban J connectivity index is 3.53. The first-order valence-electron chi connectivity index (χ1n) is 11.7. The number of hydrogen-bond acceptors (Lipinski definition) is 4. The number of nitrogens with zero attached hydrogens (tertiary/aromatic N) is 1. The van der Waals surface area contributed by atoms with Gasteiger partial charge in [0.15, 0.2) is 0 Å². The average Bonchev–Trinajstić information content (AvgIpc) is 2.69. The summed E-state index contributed by atoms with van der Waals surface area (Å²) in [7, 11) is 0. The van der Waals surface area contributed by atoms with E-state index in [1.165, 1.54) is 0 Å². The molecule has 0 fully saturated rings. The SMILES string of the molecule is C#CN(C(=O)C(NC(=O)OC(C)(C)C)C(C)CC)C(C(=O)NC(C)(C)C)c1cccc(C)c1C. The lowest BCUT2D eigenvalue weighted by atomic mass is 9.93. The molecule has 0 aliphatic rings. The van der Waals surface area contributed by atoms with Gasteiger partial charge >= 0.3 is 6.09 Å². The standard InChI is InChI=1S/C27H41N3O4/c1-12-17(3)21(28-25(33)34-27(9,10)11)24(32)30(13-2)22(23(31)29-26(6,7)8)20-16-14-15-18(4)19(20)5/h2,14-17,21-22H,12H2,1,3-11H3,(H,28,33)(H,29,31). The third kappa shape index (κ3) is 8.09. The summed E-state index contributed by atoms with van der Waals surface area (Å²) in [5.74, 6) is -1.19. The summed E-state index contributed by atoms with van der Waals surface area (Å²) >= 11 is 0. The normalized spacial score (nSPS) is 14.3. The van der Waals surface area contributed by atoms with Crippen molar-refractivity contribution in [3.8, 4) is 12.5 Å². The van der Waals surface area contributed by atoms with Crippen LogP contribution in [-0.2, 0) is 14.3 Å². The third-order valence-corrected chi connectivity index (χ3v) is 5.47. The van der Waals surface area contributed by atoms with Gasteiger partial charge < -0.3 is 15.4 Å². The maximum atomic E-state index is 13.8. The summed E-state index contributed by atoms with van der Waals surface area (Å²) < 4.78 is 5.37. The number of aryl methyl sites for hydroxylation is 1. The topological polar surface area (TPSA) is 87.7 Å². The van der Waals surface area contributed by atoms with Crippen molar-refractivity contribution in [2.24, 2.45) is 5.92 Å². The Hall–Kier alpha value is -3.01. The molecule has 7 heteroatoms. The molecule has 0 saturated carbocycles. The summed E-state index contributed by atoms with van der Waals surface area (Å²) in [5, 5.41) is 5.63. The van der Waals surface area contributed by atoms with Crippen LogP contribution < -0.4 is 10.6 Å². The van der Waals surface area contributed by atoms with Gasteiger partial charge in [0.2, 0.25) is 5.91 Å². The lowest BCUT2D eigenvalue weighted by Gasteiger charge is -2.34. The molecule has 0 radical (unpaired) electrons. The van der Waals surface area contributed by atoms with Crippen LogP contribution in [0.3, 0.4) is 0 Å². The number of benzene rings is 1. The Morgan fingerprint density at radius 3 is 2.18 bits per heavy atom. The zero-order chi connectivity index (χ0) is 26.4. The minimum Gasteiger partial charge on any atom is -0.444 e. The van der Waals surface area contributed by atoms with E-state index >= 15 is 0 Å². The summed E-state index contributed by atoms with van der Waals surface area (Å²) in [5.41, 5.74) is 1.20. The van der Waals surface area contributed by atoms with E-state index in [0.717, 1.165) is 16.0 Å². The summed E-state index contributed by atoms with van der Waals surface area (Å²) in [6, 6.07) is 5.96. The molecule has 188 valence electrons. The van der Waals surface area contributed by atoms with Crippen LogP contribution in [0, 0.1) is 32.2 Å². The molecule has 7 nitrogen and oxygen atoms in total. The molecular formula is C27H41N3O4. The maximum Gasteiger partial charge on any atom is 0.408 e. The van der Waals surface area contributed by atoms with Gasteiger partial charge in [-0.05, 0) is 78.0 Å². The highest BCUT2D eigenvalue weighted by atomic mass is 16.6. The van der Waals surface area contributed by atoms with E-state index in [1.54, 1.807) is 26.8 Å². The Labute approximate surface area is 205 Å². The predicted octanol–water partition coefficient (Wildman–Crippen LogP) is 4.62. The second kappa shape index (κ2) is 11.4. The molecule has 0 aromatic heterocycles. The second-order valence-corrected chi connectivity index (χ2v) is 10.8. The lowest BCUT2D eigenvalue weighted by molar-refractivity contribution is -0.140. The van der Waals surface area contributed by atoms with Gasteiger partial charge in [-0.25, -0.2) is 4.79 Å². The first kappa shape index (κ1) is 29.0. The Kier molecular flexibility index (Phi) is 9.74. The van der Waals surface area contributed by atoms with Gasteiger partial charge in [-0.3, -0.25) is 14.5 Å². The summed E-state index contributed by atoms with van der Waals surface area (Å²) in [6.45, 7) is 18.4. The fourth-order valence-corrected chi connectivity index (χ4v) is 3.44. The maximum absolute atomic E-state index is 13.8. The van der Waals surface area contributed by atoms with Crippen LogP contribution in [0.4, 0.5) is 4.79 Å². The van der Waals surface area contributed by atoms with Crippen molar-refractivity contribution < 1.29 is 19.1 Å². The highest BCUT2D eigenvalue weighted by Gasteiger charge is 2.39. The van der Waals surface area contributed by atoms with Gasteiger partial charge in [0.25, 0.3) is 5.91 Å². The highest BCUT2D eigenvalue weighted by molar-refractivity contribution is 5.93. The number of hydrogen-bond donors (Lipinski definition) is 2. The van der Waals surface area contributed by atoms with Gasteiger partial charge in [0.1, 0.15) is 17.7 Å². The number of terminal acetylenes is 1. The Morgan fingerprint density at radius 1 is 1.12 bits per heavy atom. The summed E-state index contributed by atoms with van der Waals surface area (Å²) in [6.07, 6.45) is 5.73. The lowest BCUT2D eigenvalue weighted by Crippen LogP contribution is -2.55. The quantitative estimate of drug-likeness (QED) is 0.449. The minimum absolute atomic E-state index is 0.249. The molecule has 0 aliphatic heterocycles. The number of amides is 3. The van der Waals surface area contributed by atoms with Crippen LogP contribution in [0.25, 0.3) is 0 Å². The van der Waals surface area contributed by atoms with Crippen LogP contribution in [0.5, 0.6) is 0 Å². The van der Waals surface area contributed by atoms with Gasteiger partial charge in [-0.2, -0.15) is 0 Å². The third-order valence-electron chi connectivity index (χ3n) is 5.47. The Morgan fingerprint density at radius 2 is 1.71 bits per heavy atom. The average molecular weight is 472 g/mol. The molecule has 1 aromatic carbocycles. The van der Waals surface area contributed by atoms with E-state index in [2.05, 4.69) is 16.7 Å². The van der Waals surface area contributed by atoms with Crippen LogP contribution in [0.2, 0.25) is 0 Å². The van der Waals surface area contributed by atoms with Crippen molar-refractivity contribution >= 4 is 17.9 Å². The van der Waals surface area contributed by atoms with Crippen molar-refractivity contribution in [1.29, 1.82) is 0 Å². The number of carbonyl (C=O) groups is 3. The zero-order valence-corrected chi connectivity index (χ0v) is 22.3. The molecule has 3 unspecified atom stereocenters. The number of alkyl carbamates (subject to hydrolysis) is 1. The van der Waals surface area contributed by atoms with E-state index < -0.39 is 41.1 Å². The number of rotatable bonds is 7. The molecule has 34 heavy (non-hydrogen) atoms. The van der Waals surface area contributed by atoms with Crippen LogP contribution in [-0.4, -0.2) is 40.0 Å². The molecule has 0 aliphatic carbocycles. The molecule has 0 bridgehead atoms. The van der Waals surface area contributed by atoms with E-state index in [1.807, 2.05) is 60.6 Å². The molecule has 2 N–H and O–H groups in total. The van der Waals surface area contributed by atoms with Crippen LogP contribution >= 0.6 is 0 Å². The zero-order valence-electron chi connectivity index (χ0n) is 22.3. The van der Waals surface area contributed by atoms with Crippen molar-refractivity contribution in [1.82, 2.24) is 15.5 Å². The van der Waals surface area contributed by atoms with Gasteiger partial charge in [-0.1, -0.05) is 44.9 Å². The molecule has 3 atom stereocenters. The number of carbonyl (C=O) groups excluding carboxylic acids is 3. The first-order chi connectivity index (χ1) is 15.5.